The van der Waals surface area contributed by atoms with Crippen LogP contribution in [0.2, 0.25) is 0 Å². The summed E-state index contributed by atoms with van der Waals surface area (Å²) >= 11 is 0. The van der Waals surface area contributed by atoms with Crippen molar-refractivity contribution >= 4 is 5.91 Å². The van der Waals surface area contributed by atoms with Crippen molar-refractivity contribution in [3.05, 3.63) is 35.4 Å². The molecule has 0 radical (unpaired) electrons. The Kier molecular flexibility index (Phi) is 5.63. The van der Waals surface area contributed by atoms with Gasteiger partial charge in [0.1, 0.15) is 0 Å². The summed E-state index contributed by atoms with van der Waals surface area (Å²) in [6.45, 7) is 13.0. The third-order valence-corrected chi connectivity index (χ3v) is 4.39. The Labute approximate surface area is 135 Å². The lowest BCUT2D eigenvalue weighted by atomic mass is 9.87. The van der Waals surface area contributed by atoms with E-state index in [1.807, 2.05) is 12.1 Å². The molecule has 0 spiro atoms. The minimum absolute atomic E-state index is 0.0359. The van der Waals surface area contributed by atoms with E-state index in [1.54, 1.807) is 0 Å². The van der Waals surface area contributed by atoms with Crippen molar-refractivity contribution in [2.24, 2.45) is 5.92 Å². The highest BCUT2D eigenvalue weighted by Crippen LogP contribution is 2.22. The molecular formula is C19H30N2O. The molecule has 1 atom stereocenters. The number of benzene rings is 1. The van der Waals surface area contributed by atoms with Crippen LogP contribution in [-0.4, -0.2) is 37.0 Å². The Morgan fingerprint density at radius 2 is 1.77 bits per heavy atom. The molecule has 1 saturated heterocycles. The third-order valence-electron chi connectivity index (χ3n) is 4.39. The topological polar surface area (TPSA) is 32.3 Å². The van der Waals surface area contributed by atoms with Gasteiger partial charge in [-0.3, -0.25) is 4.79 Å². The lowest BCUT2D eigenvalue weighted by molar-refractivity contribution is 0.0945. The van der Waals surface area contributed by atoms with Gasteiger partial charge in [-0.05, 0) is 55.0 Å². The fraction of sp³-hybridized carbons (Fsp3) is 0.632. The number of carbonyl (C=O) groups excluding carboxylic acids is 1. The van der Waals surface area contributed by atoms with Crippen LogP contribution < -0.4 is 5.32 Å². The molecule has 0 saturated carbocycles. The zero-order valence-corrected chi connectivity index (χ0v) is 14.5. The Morgan fingerprint density at radius 3 is 2.32 bits per heavy atom. The third kappa shape index (κ3) is 4.84. The van der Waals surface area contributed by atoms with E-state index in [1.165, 1.54) is 31.5 Å². The van der Waals surface area contributed by atoms with E-state index in [0.29, 0.717) is 5.92 Å². The van der Waals surface area contributed by atoms with E-state index in [-0.39, 0.29) is 11.3 Å². The van der Waals surface area contributed by atoms with E-state index >= 15 is 0 Å². The number of rotatable bonds is 5. The van der Waals surface area contributed by atoms with Crippen molar-refractivity contribution < 1.29 is 4.79 Å². The molecule has 122 valence electrons. The quantitative estimate of drug-likeness (QED) is 0.903. The standard InChI is InChI=1S/C19H30N2O/c1-15(14-21-11-5-6-12-21)13-20-18(22)16-7-9-17(10-8-16)19(2,3)4/h7-10,15H,5-6,11-14H2,1-4H3,(H,20,22). The summed E-state index contributed by atoms with van der Waals surface area (Å²) < 4.78 is 0. The molecule has 3 nitrogen and oxygen atoms in total. The van der Waals surface area contributed by atoms with Gasteiger partial charge in [-0.1, -0.05) is 39.8 Å². The largest absolute Gasteiger partial charge is 0.352 e. The molecule has 2 rings (SSSR count). The van der Waals surface area contributed by atoms with Crippen LogP contribution in [0.4, 0.5) is 0 Å². The van der Waals surface area contributed by atoms with E-state index in [9.17, 15) is 4.79 Å². The summed E-state index contributed by atoms with van der Waals surface area (Å²) in [5.41, 5.74) is 2.13. The molecule has 22 heavy (non-hydrogen) atoms. The van der Waals surface area contributed by atoms with Crippen molar-refractivity contribution in [2.45, 2.75) is 46.0 Å². The molecule has 1 aliphatic rings. The maximum atomic E-state index is 12.2. The monoisotopic (exact) mass is 302 g/mol. The number of likely N-dealkylation sites (tertiary alicyclic amines) is 1. The van der Waals surface area contributed by atoms with Crippen molar-refractivity contribution in [1.82, 2.24) is 10.2 Å². The molecule has 1 amide bonds. The highest BCUT2D eigenvalue weighted by atomic mass is 16.1. The second-order valence-electron chi connectivity index (χ2n) is 7.65. The second kappa shape index (κ2) is 7.28. The maximum Gasteiger partial charge on any atom is 0.251 e. The Hall–Kier alpha value is -1.35. The molecule has 1 unspecified atom stereocenters. The van der Waals surface area contributed by atoms with Gasteiger partial charge in [-0.2, -0.15) is 0 Å². The lowest BCUT2D eigenvalue weighted by Crippen LogP contribution is -2.34. The van der Waals surface area contributed by atoms with Crippen LogP contribution in [0.1, 0.15) is 56.5 Å². The average molecular weight is 302 g/mol. The van der Waals surface area contributed by atoms with Crippen molar-refractivity contribution in [3.8, 4) is 0 Å². The summed E-state index contributed by atoms with van der Waals surface area (Å²) in [6, 6.07) is 7.98. The smallest absolute Gasteiger partial charge is 0.251 e. The molecule has 1 heterocycles. The predicted molar refractivity (Wildman–Crippen MR) is 92.3 cm³/mol. The van der Waals surface area contributed by atoms with Crippen molar-refractivity contribution in [1.29, 1.82) is 0 Å². The normalized spacial score (nSPS) is 17.5. The van der Waals surface area contributed by atoms with Crippen LogP contribution in [0.5, 0.6) is 0 Å². The highest BCUT2D eigenvalue weighted by Gasteiger charge is 2.16. The molecule has 1 aromatic carbocycles. The van der Waals surface area contributed by atoms with Crippen LogP contribution in [0.25, 0.3) is 0 Å². The Bertz CT molecular complexity index is 481. The van der Waals surface area contributed by atoms with Crippen LogP contribution in [-0.2, 0) is 5.41 Å². The van der Waals surface area contributed by atoms with Crippen molar-refractivity contribution in [3.63, 3.8) is 0 Å². The number of hydrogen-bond acceptors (Lipinski definition) is 2. The Balaban J connectivity index is 1.81. The Morgan fingerprint density at radius 1 is 1.18 bits per heavy atom. The maximum absolute atomic E-state index is 12.2. The molecule has 1 aromatic rings. The predicted octanol–water partition coefficient (Wildman–Crippen LogP) is 3.45. The van der Waals surface area contributed by atoms with Crippen molar-refractivity contribution in [2.75, 3.05) is 26.2 Å². The minimum atomic E-state index is 0.0359. The number of hydrogen-bond donors (Lipinski definition) is 1. The zero-order valence-electron chi connectivity index (χ0n) is 14.5. The molecule has 0 aliphatic carbocycles. The first-order valence-electron chi connectivity index (χ1n) is 8.47. The summed E-state index contributed by atoms with van der Waals surface area (Å²) in [4.78, 5) is 14.7. The molecule has 0 aromatic heterocycles. The van der Waals surface area contributed by atoms with Gasteiger partial charge < -0.3 is 10.2 Å². The van der Waals surface area contributed by atoms with E-state index < -0.39 is 0 Å². The van der Waals surface area contributed by atoms with Gasteiger partial charge in [-0.25, -0.2) is 0 Å². The van der Waals surface area contributed by atoms with E-state index in [2.05, 4.69) is 50.0 Å². The molecular weight excluding hydrogens is 272 g/mol. The molecule has 3 heteroatoms. The highest BCUT2D eigenvalue weighted by molar-refractivity contribution is 5.94. The van der Waals surface area contributed by atoms with Gasteiger partial charge in [0.15, 0.2) is 0 Å². The summed E-state index contributed by atoms with van der Waals surface area (Å²) in [5, 5.41) is 3.07. The minimum Gasteiger partial charge on any atom is -0.352 e. The van der Waals surface area contributed by atoms with Gasteiger partial charge in [-0.15, -0.1) is 0 Å². The van der Waals surface area contributed by atoms with E-state index in [4.69, 9.17) is 0 Å². The first-order valence-corrected chi connectivity index (χ1v) is 8.47. The SMILES string of the molecule is CC(CNC(=O)c1ccc(C(C)(C)C)cc1)CN1CCCC1. The van der Waals surface area contributed by atoms with Crippen LogP contribution in [0.15, 0.2) is 24.3 Å². The van der Waals surface area contributed by atoms with Crippen LogP contribution >= 0.6 is 0 Å². The van der Waals surface area contributed by atoms with Crippen LogP contribution in [0, 0.1) is 5.92 Å². The average Bonchev–Trinajstić information content (AvgIpc) is 2.97. The van der Waals surface area contributed by atoms with Gasteiger partial charge in [0.05, 0.1) is 0 Å². The fourth-order valence-corrected chi connectivity index (χ4v) is 2.96. The molecule has 1 aliphatic heterocycles. The number of nitrogens with zero attached hydrogens (tertiary/aromatic N) is 1. The van der Waals surface area contributed by atoms with Gasteiger partial charge in [0.2, 0.25) is 0 Å². The summed E-state index contributed by atoms with van der Waals surface area (Å²) in [6.07, 6.45) is 2.64. The van der Waals surface area contributed by atoms with Gasteiger partial charge in [0.25, 0.3) is 5.91 Å². The first kappa shape index (κ1) is 17.0. The zero-order chi connectivity index (χ0) is 16.2. The molecule has 1 N–H and O–H groups in total. The summed E-state index contributed by atoms with van der Waals surface area (Å²) in [5.74, 6) is 0.532. The van der Waals surface area contributed by atoms with Gasteiger partial charge >= 0.3 is 0 Å². The molecule has 1 fully saturated rings. The van der Waals surface area contributed by atoms with Crippen LogP contribution in [0.3, 0.4) is 0 Å². The molecule has 0 bridgehead atoms. The first-order chi connectivity index (χ1) is 10.4. The number of carbonyl (C=O) groups is 1. The second-order valence-corrected chi connectivity index (χ2v) is 7.65. The number of amides is 1. The summed E-state index contributed by atoms with van der Waals surface area (Å²) in [7, 11) is 0. The fourth-order valence-electron chi connectivity index (χ4n) is 2.96. The lowest BCUT2D eigenvalue weighted by Gasteiger charge is -2.21. The number of nitrogens with one attached hydrogen (secondary N) is 1. The van der Waals surface area contributed by atoms with Gasteiger partial charge in [0, 0.05) is 18.7 Å². The van der Waals surface area contributed by atoms with E-state index in [0.717, 1.165) is 18.7 Å².